The lowest BCUT2D eigenvalue weighted by molar-refractivity contribution is -0.142. The van der Waals surface area contributed by atoms with Crippen LogP contribution < -0.4 is 4.74 Å². The van der Waals surface area contributed by atoms with Crippen molar-refractivity contribution < 1.29 is 44.7 Å². The number of hydrogen-bond acceptors (Lipinski definition) is 7. The zero-order valence-electron chi connectivity index (χ0n) is 19.9. The summed E-state index contributed by atoms with van der Waals surface area (Å²) >= 11 is 10.8. The molecule has 2 rings (SSSR count). The van der Waals surface area contributed by atoms with E-state index in [2.05, 4.69) is 28.1 Å². The van der Waals surface area contributed by atoms with Crippen LogP contribution in [-0.2, 0) is 38.4 Å². The fraction of sp³-hybridized carbons (Fsp3) is 0.550. The number of alkyl halides is 7. The van der Waals surface area contributed by atoms with Crippen LogP contribution in [0.4, 0.5) is 22.0 Å². The van der Waals surface area contributed by atoms with Gasteiger partial charge in [0, 0.05) is 26.6 Å². The molecule has 0 fully saturated rings. The van der Waals surface area contributed by atoms with Gasteiger partial charge in [0.25, 0.3) is 5.91 Å². The van der Waals surface area contributed by atoms with E-state index in [1.807, 2.05) is 0 Å². The van der Waals surface area contributed by atoms with Gasteiger partial charge in [-0.1, -0.05) is 40.5 Å². The van der Waals surface area contributed by atoms with Crippen LogP contribution >= 0.6 is 23.2 Å². The Labute approximate surface area is 220 Å². The maximum absolute atomic E-state index is 13.1. The van der Waals surface area contributed by atoms with Crippen molar-refractivity contribution in [2.75, 3.05) is 13.1 Å². The van der Waals surface area contributed by atoms with Gasteiger partial charge in [-0.25, -0.2) is 13.1 Å². The number of carbonyl (C=O) groups is 1. The maximum atomic E-state index is 13.1. The molecule has 0 saturated heterocycles. The van der Waals surface area contributed by atoms with Gasteiger partial charge in [0.05, 0.1) is 11.3 Å². The summed E-state index contributed by atoms with van der Waals surface area (Å²) in [5.41, 5.74) is -3.57. The minimum atomic E-state index is -5.06. The van der Waals surface area contributed by atoms with E-state index in [9.17, 15) is 35.2 Å². The summed E-state index contributed by atoms with van der Waals surface area (Å²) in [4.78, 5) is 16.5. The second kappa shape index (κ2) is 12.9. The lowest BCUT2D eigenvalue weighted by Crippen LogP contribution is -2.35. The first kappa shape index (κ1) is 32.6. The fourth-order valence-electron chi connectivity index (χ4n) is 2.89. The third-order valence-electron chi connectivity index (χ3n) is 4.42. The molecule has 0 N–H and O–H groups in total. The standard InChI is InChI=1S/C12H14F5N3O4S.C8H11Cl2NO/c1-11(2)4-7(19-24-11)25(21,22)5-6-8(12(15,16)17)18-20(3)9(6)23-10(13)14;1-3-5-11(6-4-2)8(12)7(9)10/h10H,4-5H2,1-3H3;3-4,7H,1-2,5-6H2. The summed E-state index contributed by atoms with van der Waals surface area (Å²) in [7, 11) is -3.43. The van der Waals surface area contributed by atoms with Crippen LogP contribution in [0.5, 0.6) is 5.88 Å². The van der Waals surface area contributed by atoms with E-state index in [4.69, 9.17) is 28.0 Å². The highest BCUT2D eigenvalue weighted by atomic mass is 35.5. The Kier molecular flexibility index (Phi) is 11.4. The van der Waals surface area contributed by atoms with E-state index in [1.165, 1.54) is 18.7 Å². The Morgan fingerprint density at radius 1 is 1.27 bits per heavy atom. The van der Waals surface area contributed by atoms with Crippen LogP contribution in [0.3, 0.4) is 0 Å². The zero-order valence-corrected chi connectivity index (χ0v) is 22.3. The fourth-order valence-corrected chi connectivity index (χ4v) is 4.69. The minimum Gasteiger partial charge on any atom is -0.417 e. The molecule has 37 heavy (non-hydrogen) atoms. The average molecular weight is 599 g/mol. The third kappa shape index (κ3) is 9.45. The number of aryl methyl sites for hydroxylation is 1. The molecule has 0 saturated carbocycles. The van der Waals surface area contributed by atoms with E-state index < -0.39 is 61.0 Å². The van der Waals surface area contributed by atoms with Crippen molar-refractivity contribution in [2.24, 2.45) is 12.2 Å². The molecule has 1 aliphatic heterocycles. The lowest BCUT2D eigenvalue weighted by atomic mass is 10.1. The van der Waals surface area contributed by atoms with Crippen molar-refractivity contribution in [1.29, 1.82) is 0 Å². The molecule has 0 unspecified atom stereocenters. The predicted molar refractivity (Wildman–Crippen MR) is 127 cm³/mol. The molecule has 0 aromatic carbocycles. The van der Waals surface area contributed by atoms with Gasteiger partial charge < -0.3 is 14.5 Å². The summed E-state index contributed by atoms with van der Waals surface area (Å²) in [5.74, 6) is -2.56. The summed E-state index contributed by atoms with van der Waals surface area (Å²) in [5, 5.41) is 5.97. The van der Waals surface area contributed by atoms with Crippen LogP contribution in [0.1, 0.15) is 31.5 Å². The molecule has 0 aliphatic carbocycles. The second-order valence-electron chi connectivity index (χ2n) is 8.03. The van der Waals surface area contributed by atoms with Crippen molar-refractivity contribution >= 4 is 44.0 Å². The van der Waals surface area contributed by atoms with Gasteiger partial charge in [0.15, 0.2) is 25.4 Å². The Bertz CT molecular complexity index is 1110. The molecule has 210 valence electrons. The first-order valence-corrected chi connectivity index (χ1v) is 12.7. The summed E-state index contributed by atoms with van der Waals surface area (Å²) in [6, 6.07) is 0. The molecule has 1 amide bonds. The Morgan fingerprint density at radius 2 is 1.81 bits per heavy atom. The number of nitrogens with zero attached hydrogens (tertiary/aromatic N) is 4. The van der Waals surface area contributed by atoms with Gasteiger partial charge in [-0.3, -0.25) is 4.79 Å². The molecule has 0 atom stereocenters. The topological polar surface area (TPSA) is 103 Å². The van der Waals surface area contributed by atoms with Gasteiger partial charge in [0.2, 0.25) is 5.88 Å². The largest absolute Gasteiger partial charge is 0.435 e. The number of amides is 1. The molecule has 1 aromatic heterocycles. The summed E-state index contributed by atoms with van der Waals surface area (Å²) in [6.07, 6.45) is -2.00. The normalized spacial score (nSPS) is 15.0. The zero-order chi connectivity index (χ0) is 28.8. The van der Waals surface area contributed by atoms with E-state index in [-0.39, 0.29) is 12.3 Å². The van der Waals surface area contributed by atoms with Gasteiger partial charge in [-0.05, 0) is 13.8 Å². The van der Waals surface area contributed by atoms with Gasteiger partial charge in [-0.2, -0.15) is 27.1 Å². The predicted octanol–water partition coefficient (Wildman–Crippen LogP) is 4.46. The molecule has 0 radical (unpaired) electrons. The average Bonchev–Trinajstić information content (AvgIpc) is 3.27. The third-order valence-corrected chi connectivity index (χ3v) is 6.40. The highest BCUT2D eigenvalue weighted by molar-refractivity contribution is 8.05. The SMILES string of the molecule is C=CCN(CC=C)C(=O)C(Cl)Cl.Cn1nc(C(F)(F)F)c(CS(=O)(=O)C2=NOC(C)(C)C2)c1OC(F)F. The molecular weight excluding hydrogens is 574 g/mol. The Balaban J connectivity index is 0.000000482. The van der Waals surface area contributed by atoms with Crippen LogP contribution in [0.15, 0.2) is 30.5 Å². The van der Waals surface area contributed by atoms with Crippen molar-refractivity contribution in [3.63, 3.8) is 0 Å². The highest BCUT2D eigenvalue weighted by Gasteiger charge is 2.43. The van der Waals surface area contributed by atoms with Gasteiger partial charge in [0.1, 0.15) is 5.60 Å². The first-order chi connectivity index (χ1) is 16.9. The number of hydrogen-bond donors (Lipinski definition) is 0. The van der Waals surface area contributed by atoms with E-state index in [0.717, 1.165) is 7.05 Å². The van der Waals surface area contributed by atoms with Gasteiger partial charge >= 0.3 is 12.8 Å². The van der Waals surface area contributed by atoms with Crippen LogP contribution in [-0.4, -0.2) is 64.2 Å². The number of aromatic nitrogens is 2. The van der Waals surface area contributed by atoms with Crippen molar-refractivity contribution in [3.8, 4) is 5.88 Å². The van der Waals surface area contributed by atoms with Crippen LogP contribution in [0.2, 0.25) is 0 Å². The Morgan fingerprint density at radius 3 is 2.19 bits per heavy atom. The first-order valence-electron chi connectivity index (χ1n) is 10.2. The molecule has 0 bridgehead atoms. The van der Waals surface area contributed by atoms with Crippen LogP contribution in [0.25, 0.3) is 0 Å². The molecule has 9 nitrogen and oxygen atoms in total. The number of halogens is 7. The van der Waals surface area contributed by atoms with E-state index >= 15 is 0 Å². The molecule has 1 aliphatic rings. The minimum absolute atomic E-state index is 0.165. The number of carbonyl (C=O) groups excluding carboxylic acids is 1. The number of sulfone groups is 1. The second-order valence-corrected chi connectivity index (χ2v) is 11.1. The Hall–Kier alpha value is -2.39. The molecular formula is C20H25Cl2F5N4O5S. The molecule has 1 aromatic rings. The van der Waals surface area contributed by atoms with Crippen molar-refractivity contribution in [2.45, 2.75) is 49.2 Å². The number of ether oxygens (including phenoxy) is 1. The molecule has 2 heterocycles. The van der Waals surface area contributed by atoms with Gasteiger partial charge in [-0.15, -0.1) is 13.2 Å². The summed E-state index contributed by atoms with van der Waals surface area (Å²) < 4.78 is 93.4. The van der Waals surface area contributed by atoms with Crippen molar-refractivity contribution in [1.82, 2.24) is 14.7 Å². The number of rotatable bonds is 9. The maximum Gasteiger partial charge on any atom is 0.435 e. The smallest absolute Gasteiger partial charge is 0.417 e. The monoisotopic (exact) mass is 598 g/mol. The van der Waals surface area contributed by atoms with E-state index in [1.54, 1.807) is 12.2 Å². The quantitative estimate of drug-likeness (QED) is 0.236. The van der Waals surface area contributed by atoms with E-state index in [0.29, 0.717) is 17.8 Å². The van der Waals surface area contributed by atoms with Crippen LogP contribution in [0, 0.1) is 0 Å². The molecule has 17 heteroatoms. The number of oxime groups is 1. The summed E-state index contributed by atoms with van der Waals surface area (Å²) in [6.45, 7) is 7.50. The highest BCUT2D eigenvalue weighted by Crippen LogP contribution is 2.38. The molecule has 0 spiro atoms. The van der Waals surface area contributed by atoms with Crippen molar-refractivity contribution in [3.05, 3.63) is 36.6 Å². The lowest BCUT2D eigenvalue weighted by Gasteiger charge is -2.19.